The lowest BCUT2D eigenvalue weighted by molar-refractivity contribution is -0.116. The highest BCUT2D eigenvalue weighted by Crippen LogP contribution is 2.38. The van der Waals surface area contributed by atoms with Gasteiger partial charge in [-0.2, -0.15) is 0 Å². The molecule has 0 aromatic heterocycles. The van der Waals surface area contributed by atoms with Gasteiger partial charge in [0.15, 0.2) is 11.5 Å². The molecule has 4 N–H and O–H groups in total. The lowest BCUT2D eigenvalue weighted by atomic mass is 10.2. The Bertz CT molecular complexity index is 462. The van der Waals surface area contributed by atoms with E-state index in [0.717, 1.165) is 5.69 Å². The number of hydrogen-bond donors (Lipinski definition) is 2. The predicted octanol–water partition coefficient (Wildman–Crippen LogP) is 0.352. The quantitative estimate of drug-likeness (QED) is 0.753. The van der Waals surface area contributed by atoms with Gasteiger partial charge in [-0.15, -0.1) is 0 Å². The predicted molar refractivity (Wildman–Crippen MR) is 68.9 cm³/mol. The fourth-order valence-corrected chi connectivity index (χ4v) is 1.92. The van der Waals surface area contributed by atoms with Crippen LogP contribution < -0.4 is 25.8 Å². The van der Waals surface area contributed by atoms with E-state index in [2.05, 4.69) is 0 Å². The van der Waals surface area contributed by atoms with E-state index in [1.807, 2.05) is 6.92 Å². The molecule has 98 valence electrons. The number of amides is 1. The number of nitrogens with zero attached hydrogens (tertiary/aromatic N) is 1. The first-order valence-electron chi connectivity index (χ1n) is 5.84. The summed E-state index contributed by atoms with van der Waals surface area (Å²) in [6, 6.07) is 3.50. The SMILES string of the molecule is CCN(CC(N)=O)c1cc2c(cc1N)OCCO2. The van der Waals surface area contributed by atoms with Crippen LogP contribution in [-0.2, 0) is 4.79 Å². The summed E-state index contributed by atoms with van der Waals surface area (Å²) in [7, 11) is 0. The first kappa shape index (κ1) is 12.3. The lowest BCUT2D eigenvalue weighted by Gasteiger charge is -2.26. The summed E-state index contributed by atoms with van der Waals surface area (Å²) in [6.45, 7) is 3.72. The summed E-state index contributed by atoms with van der Waals surface area (Å²) < 4.78 is 10.9. The number of hydrogen-bond acceptors (Lipinski definition) is 5. The summed E-state index contributed by atoms with van der Waals surface area (Å²) >= 11 is 0. The molecule has 0 atom stereocenters. The van der Waals surface area contributed by atoms with Crippen molar-refractivity contribution in [1.29, 1.82) is 0 Å². The molecule has 0 radical (unpaired) electrons. The Morgan fingerprint density at radius 1 is 1.33 bits per heavy atom. The third-order valence-electron chi connectivity index (χ3n) is 2.76. The van der Waals surface area contributed by atoms with Crippen LogP contribution in [0, 0.1) is 0 Å². The molecule has 1 heterocycles. The van der Waals surface area contributed by atoms with Crippen molar-refractivity contribution < 1.29 is 14.3 Å². The van der Waals surface area contributed by atoms with Crippen LogP contribution in [0.25, 0.3) is 0 Å². The molecule has 1 aromatic carbocycles. The third-order valence-corrected chi connectivity index (χ3v) is 2.76. The molecule has 0 spiro atoms. The molecule has 6 nitrogen and oxygen atoms in total. The van der Waals surface area contributed by atoms with Crippen molar-refractivity contribution in [3.8, 4) is 11.5 Å². The van der Waals surface area contributed by atoms with Gasteiger partial charge in [0.2, 0.25) is 5.91 Å². The molecule has 0 fully saturated rings. The average molecular weight is 251 g/mol. The molecule has 1 aliphatic heterocycles. The van der Waals surface area contributed by atoms with Crippen LogP contribution in [0.5, 0.6) is 11.5 Å². The van der Waals surface area contributed by atoms with Crippen molar-refractivity contribution in [2.24, 2.45) is 5.73 Å². The smallest absolute Gasteiger partial charge is 0.236 e. The fraction of sp³-hybridized carbons (Fsp3) is 0.417. The van der Waals surface area contributed by atoms with Crippen molar-refractivity contribution in [2.45, 2.75) is 6.92 Å². The highest BCUT2D eigenvalue weighted by Gasteiger charge is 2.18. The van der Waals surface area contributed by atoms with Crippen LogP contribution in [-0.4, -0.2) is 32.2 Å². The molecule has 2 rings (SSSR count). The normalized spacial score (nSPS) is 13.2. The van der Waals surface area contributed by atoms with Crippen molar-refractivity contribution >= 4 is 17.3 Å². The van der Waals surface area contributed by atoms with Crippen molar-refractivity contribution in [1.82, 2.24) is 0 Å². The Morgan fingerprint density at radius 2 is 1.94 bits per heavy atom. The van der Waals surface area contributed by atoms with E-state index < -0.39 is 5.91 Å². The van der Waals surface area contributed by atoms with Crippen LogP contribution in [0.15, 0.2) is 12.1 Å². The van der Waals surface area contributed by atoms with Gasteiger partial charge in [0, 0.05) is 18.7 Å². The van der Waals surface area contributed by atoms with Gasteiger partial charge in [0.05, 0.1) is 17.9 Å². The molecule has 0 bridgehead atoms. The van der Waals surface area contributed by atoms with Crippen LogP contribution in [0.1, 0.15) is 6.92 Å². The number of primary amides is 1. The summed E-state index contributed by atoms with van der Waals surface area (Å²) in [5, 5.41) is 0. The van der Waals surface area contributed by atoms with E-state index in [0.29, 0.717) is 36.9 Å². The van der Waals surface area contributed by atoms with Crippen molar-refractivity contribution in [3.63, 3.8) is 0 Å². The van der Waals surface area contributed by atoms with Crippen LogP contribution >= 0.6 is 0 Å². The van der Waals surface area contributed by atoms with E-state index in [4.69, 9.17) is 20.9 Å². The molecule has 1 aromatic rings. The van der Waals surface area contributed by atoms with E-state index >= 15 is 0 Å². The Balaban J connectivity index is 2.34. The van der Waals surface area contributed by atoms with Gasteiger partial charge in [0.1, 0.15) is 13.2 Å². The molecule has 0 unspecified atom stereocenters. The number of rotatable bonds is 4. The van der Waals surface area contributed by atoms with E-state index in [9.17, 15) is 4.79 Å². The van der Waals surface area contributed by atoms with Gasteiger partial charge in [-0.3, -0.25) is 4.79 Å². The molecular weight excluding hydrogens is 234 g/mol. The highest BCUT2D eigenvalue weighted by molar-refractivity contribution is 5.82. The minimum absolute atomic E-state index is 0.125. The molecule has 18 heavy (non-hydrogen) atoms. The molecule has 0 saturated carbocycles. The van der Waals surface area contributed by atoms with Crippen molar-refractivity contribution in [3.05, 3.63) is 12.1 Å². The molecule has 1 amide bonds. The summed E-state index contributed by atoms with van der Waals surface area (Å²) in [5.41, 5.74) is 12.5. The van der Waals surface area contributed by atoms with Gasteiger partial charge in [-0.05, 0) is 6.92 Å². The number of nitrogens with two attached hydrogens (primary N) is 2. The first-order valence-corrected chi connectivity index (χ1v) is 5.84. The van der Waals surface area contributed by atoms with Crippen LogP contribution in [0.3, 0.4) is 0 Å². The monoisotopic (exact) mass is 251 g/mol. The molecule has 1 aliphatic rings. The minimum atomic E-state index is -0.397. The lowest BCUT2D eigenvalue weighted by Crippen LogP contribution is -2.34. The fourth-order valence-electron chi connectivity index (χ4n) is 1.92. The third kappa shape index (κ3) is 2.42. The van der Waals surface area contributed by atoms with Gasteiger partial charge >= 0.3 is 0 Å². The minimum Gasteiger partial charge on any atom is -0.486 e. The topological polar surface area (TPSA) is 90.8 Å². The Morgan fingerprint density at radius 3 is 2.50 bits per heavy atom. The van der Waals surface area contributed by atoms with Gasteiger partial charge in [-0.1, -0.05) is 0 Å². The zero-order valence-corrected chi connectivity index (χ0v) is 10.3. The Hall–Kier alpha value is -2.11. The zero-order valence-electron chi connectivity index (χ0n) is 10.3. The number of benzene rings is 1. The number of fused-ring (bicyclic) bond motifs is 1. The molecular formula is C12H17N3O3. The maximum absolute atomic E-state index is 11.0. The molecule has 6 heteroatoms. The maximum atomic E-state index is 11.0. The Labute approximate surface area is 105 Å². The zero-order chi connectivity index (χ0) is 13.1. The summed E-state index contributed by atoms with van der Waals surface area (Å²) in [6.07, 6.45) is 0. The molecule has 0 saturated heterocycles. The number of carbonyl (C=O) groups is 1. The largest absolute Gasteiger partial charge is 0.486 e. The number of likely N-dealkylation sites (N-methyl/N-ethyl adjacent to an activating group) is 1. The first-order chi connectivity index (χ1) is 8.61. The average Bonchev–Trinajstić information content (AvgIpc) is 2.35. The second kappa shape index (κ2) is 5.03. The van der Waals surface area contributed by atoms with Gasteiger partial charge < -0.3 is 25.8 Å². The number of anilines is 2. The standard InChI is InChI=1S/C12H17N3O3/c1-2-15(7-12(14)16)9-6-11-10(5-8(9)13)17-3-4-18-11/h5-6H,2-4,7,13H2,1H3,(H2,14,16). The summed E-state index contributed by atoms with van der Waals surface area (Å²) in [5.74, 6) is 0.886. The van der Waals surface area contributed by atoms with Gasteiger partial charge in [-0.25, -0.2) is 0 Å². The van der Waals surface area contributed by atoms with Gasteiger partial charge in [0.25, 0.3) is 0 Å². The van der Waals surface area contributed by atoms with Crippen molar-refractivity contribution in [2.75, 3.05) is 36.9 Å². The van der Waals surface area contributed by atoms with Crippen LogP contribution in [0.4, 0.5) is 11.4 Å². The second-order valence-electron chi connectivity index (χ2n) is 4.04. The van der Waals surface area contributed by atoms with E-state index in [-0.39, 0.29) is 6.54 Å². The Kier molecular flexibility index (Phi) is 3.45. The second-order valence-corrected chi connectivity index (χ2v) is 4.04. The number of nitrogen functional groups attached to an aromatic ring is 1. The number of ether oxygens (including phenoxy) is 2. The van der Waals surface area contributed by atoms with E-state index in [1.54, 1.807) is 17.0 Å². The maximum Gasteiger partial charge on any atom is 0.236 e. The number of carbonyl (C=O) groups excluding carboxylic acids is 1. The van der Waals surface area contributed by atoms with Crippen LogP contribution in [0.2, 0.25) is 0 Å². The molecule has 0 aliphatic carbocycles. The van der Waals surface area contributed by atoms with E-state index in [1.165, 1.54) is 0 Å². The highest BCUT2D eigenvalue weighted by atomic mass is 16.6. The summed E-state index contributed by atoms with van der Waals surface area (Å²) in [4.78, 5) is 12.8.